The van der Waals surface area contributed by atoms with Crippen LogP contribution in [0.15, 0.2) is 30.5 Å². The third-order valence-electron chi connectivity index (χ3n) is 3.56. The molecule has 0 bridgehead atoms. The van der Waals surface area contributed by atoms with Crippen molar-refractivity contribution in [2.75, 3.05) is 11.9 Å². The number of para-hydroxylation sites is 1. The van der Waals surface area contributed by atoms with Crippen molar-refractivity contribution in [2.24, 2.45) is 5.92 Å². The molecule has 5 heteroatoms. The van der Waals surface area contributed by atoms with Gasteiger partial charge in [-0.05, 0) is 12.0 Å². The van der Waals surface area contributed by atoms with Crippen molar-refractivity contribution < 1.29 is 9.53 Å². The Morgan fingerprint density at radius 2 is 2.14 bits per heavy atom. The van der Waals surface area contributed by atoms with Crippen LogP contribution in [-0.4, -0.2) is 22.7 Å². The second-order valence-electron chi connectivity index (χ2n) is 5.75. The number of nitrogens with zero attached hydrogens (tertiary/aromatic N) is 1. The van der Waals surface area contributed by atoms with Gasteiger partial charge in [-0.25, -0.2) is 0 Å². The Balaban J connectivity index is 1.96. The zero-order chi connectivity index (χ0) is 14.8. The maximum absolute atomic E-state index is 11.9. The summed E-state index contributed by atoms with van der Waals surface area (Å²) in [5.41, 5.74) is 2.05. The third-order valence-corrected chi connectivity index (χ3v) is 3.56. The number of carbonyl (C=O) groups excluding carboxylic acids is 1. The fraction of sp³-hybridized carbons (Fsp3) is 0.375. The molecule has 2 heterocycles. The molecule has 21 heavy (non-hydrogen) atoms. The molecule has 1 aliphatic heterocycles. The Morgan fingerprint density at radius 1 is 1.33 bits per heavy atom. The first kappa shape index (κ1) is 13.7. The standard InChI is InChI=1S/C16H19N3O2/c1-10(2)9-21-14-6-4-3-5-11(14)12-7-15(20)18-16-13(12)8-17-19-16/h3-6,8,10,12H,7,9H2,1-2H3,(H2,17,18,19,20)/t12-/m0/s1. The zero-order valence-electron chi connectivity index (χ0n) is 12.2. The average molecular weight is 285 g/mol. The van der Waals surface area contributed by atoms with Gasteiger partial charge in [-0.2, -0.15) is 5.10 Å². The molecular weight excluding hydrogens is 266 g/mol. The summed E-state index contributed by atoms with van der Waals surface area (Å²) >= 11 is 0. The first-order valence-corrected chi connectivity index (χ1v) is 7.20. The Hall–Kier alpha value is -2.30. The number of aromatic amines is 1. The fourth-order valence-corrected chi connectivity index (χ4v) is 2.58. The zero-order valence-corrected chi connectivity index (χ0v) is 12.2. The number of carbonyl (C=O) groups is 1. The van der Waals surface area contributed by atoms with E-state index in [0.29, 0.717) is 24.8 Å². The Labute approximate surface area is 123 Å². The molecule has 0 unspecified atom stereocenters. The van der Waals surface area contributed by atoms with Gasteiger partial charge in [0.2, 0.25) is 5.91 Å². The SMILES string of the molecule is CC(C)COc1ccccc1[C@@H]1CC(=O)Nc2[nH]ncc21. The lowest BCUT2D eigenvalue weighted by atomic mass is 9.87. The van der Waals surface area contributed by atoms with Crippen LogP contribution in [0.25, 0.3) is 0 Å². The smallest absolute Gasteiger partial charge is 0.226 e. The van der Waals surface area contributed by atoms with Crippen LogP contribution in [0.2, 0.25) is 0 Å². The number of anilines is 1. The highest BCUT2D eigenvalue weighted by atomic mass is 16.5. The van der Waals surface area contributed by atoms with Crippen molar-refractivity contribution in [1.29, 1.82) is 0 Å². The predicted octanol–water partition coefficient (Wildman–Crippen LogP) is 2.92. The van der Waals surface area contributed by atoms with Gasteiger partial charge in [0.1, 0.15) is 11.6 Å². The largest absolute Gasteiger partial charge is 0.493 e. The molecule has 1 aromatic carbocycles. The van der Waals surface area contributed by atoms with E-state index in [1.165, 1.54) is 0 Å². The van der Waals surface area contributed by atoms with Gasteiger partial charge < -0.3 is 10.1 Å². The van der Waals surface area contributed by atoms with E-state index in [9.17, 15) is 4.79 Å². The number of aromatic nitrogens is 2. The van der Waals surface area contributed by atoms with Crippen LogP contribution >= 0.6 is 0 Å². The molecule has 1 atom stereocenters. The minimum atomic E-state index is -0.0177. The first-order valence-electron chi connectivity index (χ1n) is 7.20. The van der Waals surface area contributed by atoms with Gasteiger partial charge in [0, 0.05) is 23.5 Å². The summed E-state index contributed by atoms with van der Waals surface area (Å²) in [5, 5.41) is 9.68. The molecule has 1 amide bonds. The topological polar surface area (TPSA) is 67.0 Å². The predicted molar refractivity (Wildman–Crippen MR) is 80.5 cm³/mol. The summed E-state index contributed by atoms with van der Waals surface area (Å²) in [6.45, 7) is 4.89. The number of hydrogen-bond donors (Lipinski definition) is 2. The molecule has 0 saturated carbocycles. The number of benzene rings is 1. The lowest BCUT2D eigenvalue weighted by Crippen LogP contribution is -2.23. The van der Waals surface area contributed by atoms with E-state index in [1.54, 1.807) is 6.20 Å². The quantitative estimate of drug-likeness (QED) is 0.907. The number of ether oxygens (including phenoxy) is 1. The molecule has 110 valence electrons. The molecular formula is C16H19N3O2. The third kappa shape index (κ3) is 2.77. The van der Waals surface area contributed by atoms with Gasteiger partial charge in [0.15, 0.2) is 0 Å². The maximum atomic E-state index is 11.9. The summed E-state index contributed by atoms with van der Waals surface area (Å²) in [7, 11) is 0. The van der Waals surface area contributed by atoms with Crippen LogP contribution in [0.1, 0.15) is 37.3 Å². The highest BCUT2D eigenvalue weighted by Gasteiger charge is 2.29. The molecule has 0 spiro atoms. The molecule has 2 aromatic rings. The maximum Gasteiger partial charge on any atom is 0.226 e. The van der Waals surface area contributed by atoms with Gasteiger partial charge in [-0.15, -0.1) is 0 Å². The number of amides is 1. The highest BCUT2D eigenvalue weighted by Crippen LogP contribution is 2.39. The molecule has 1 aliphatic rings. The number of hydrogen-bond acceptors (Lipinski definition) is 3. The number of rotatable bonds is 4. The van der Waals surface area contributed by atoms with Gasteiger partial charge in [-0.1, -0.05) is 32.0 Å². The van der Waals surface area contributed by atoms with Crippen molar-refractivity contribution in [3.05, 3.63) is 41.6 Å². The van der Waals surface area contributed by atoms with Gasteiger partial charge >= 0.3 is 0 Å². The van der Waals surface area contributed by atoms with E-state index in [4.69, 9.17) is 4.74 Å². The Bertz CT molecular complexity index is 648. The van der Waals surface area contributed by atoms with Crippen molar-refractivity contribution >= 4 is 11.7 Å². The van der Waals surface area contributed by atoms with Crippen LogP contribution in [0, 0.1) is 5.92 Å². The number of fused-ring (bicyclic) bond motifs is 1. The second-order valence-corrected chi connectivity index (χ2v) is 5.75. The van der Waals surface area contributed by atoms with E-state index in [-0.39, 0.29) is 11.8 Å². The van der Waals surface area contributed by atoms with Crippen molar-refractivity contribution in [2.45, 2.75) is 26.2 Å². The highest BCUT2D eigenvalue weighted by molar-refractivity contribution is 5.94. The molecule has 0 fully saturated rings. The fourth-order valence-electron chi connectivity index (χ4n) is 2.58. The number of H-pyrrole nitrogens is 1. The minimum Gasteiger partial charge on any atom is -0.493 e. The molecule has 0 radical (unpaired) electrons. The molecule has 0 saturated heterocycles. The van der Waals surface area contributed by atoms with E-state index < -0.39 is 0 Å². The molecule has 0 aliphatic carbocycles. The summed E-state index contributed by atoms with van der Waals surface area (Å²) in [6.07, 6.45) is 2.19. The summed E-state index contributed by atoms with van der Waals surface area (Å²) in [6, 6.07) is 7.92. The normalized spacial score (nSPS) is 17.5. The molecule has 5 nitrogen and oxygen atoms in total. The lowest BCUT2D eigenvalue weighted by Gasteiger charge is -2.24. The van der Waals surface area contributed by atoms with Crippen molar-refractivity contribution in [3.8, 4) is 5.75 Å². The van der Waals surface area contributed by atoms with Crippen LogP contribution in [-0.2, 0) is 4.79 Å². The van der Waals surface area contributed by atoms with Crippen LogP contribution in [0.5, 0.6) is 5.75 Å². The minimum absolute atomic E-state index is 0.00425. The Morgan fingerprint density at radius 3 is 2.95 bits per heavy atom. The van der Waals surface area contributed by atoms with Crippen LogP contribution in [0.4, 0.5) is 5.82 Å². The lowest BCUT2D eigenvalue weighted by molar-refractivity contribution is -0.116. The van der Waals surface area contributed by atoms with Crippen molar-refractivity contribution in [3.63, 3.8) is 0 Å². The van der Waals surface area contributed by atoms with E-state index in [1.807, 2.05) is 24.3 Å². The Kier molecular flexibility index (Phi) is 3.64. The summed E-state index contributed by atoms with van der Waals surface area (Å²) in [4.78, 5) is 11.9. The van der Waals surface area contributed by atoms with E-state index in [0.717, 1.165) is 16.9 Å². The van der Waals surface area contributed by atoms with Gasteiger partial charge in [0.25, 0.3) is 0 Å². The molecule has 2 N–H and O–H groups in total. The van der Waals surface area contributed by atoms with Crippen molar-refractivity contribution in [1.82, 2.24) is 10.2 Å². The monoisotopic (exact) mass is 285 g/mol. The summed E-state index contributed by atoms with van der Waals surface area (Å²) in [5.74, 6) is 1.97. The van der Waals surface area contributed by atoms with E-state index in [2.05, 4.69) is 29.4 Å². The van der Waals surface area contributed by atoms with Gasteiger partial charge in [-0.3, -0.25) is 9.89 Å². The average Bonchev–Trinajstić information content (AvgIpc) is 2.92. The summed E-state index contributed by atoms with van der Waals surface area (Å²) < 4.78 is 5.92. The van der Waals surface area contributed by atoms with Crippen LogP contribution in [0.3, 0.4) is 0 Å². The second kappa shape index (κ2) is 5.60. The number of nitrogens with one attached hydrogen (secondary N) is 2. The molecule has 1 aromatic heterocycles. The van der Waals surface area contributed by atoms with E-state index >= 15 is 0 Å². The van der Waals surface area contributed by atoms with Crippen LogP contribution < -0.4 is 10.1 Å². The van der Waals surface area contributed by atoms with Gasteiger partial charge in [0.05, 0.1) is 12.8 Å². The molecule has 3 rings (SSSR count). The first-order chi connectivity index (χ1) is 10.1.